The second-order valence-corrected chi connectivity index (χ2v) is 4.08. The van der Waals surface area contributed by atoms with Crippen molar-refractivity contribution in [1.29, 1.82) is 0 Å². The lowest BCUT2D eigenvalue weighted by molar-refractivity contribution is -0.159. The molecule has 0 bridgehead atoms. The van der Waals surface area contributed by atoms with E-state index in [-0.39, 0.29) is 12.6 Å². The van der Waals surface area contributed by atoms with Crippen LogP contribution in [-0.4, -0.2) is 24.5 Å². The van der Waals surface area contributed by atoms with E-state index in [2.05, 4.69) is 10.1 Å². The summed E-state index contributed by atoms with van der Waals surface area (Å²) in [5.74, 6) is -4.07. The maximum atomic E-state index is 12.9. The van der Waals surface area contributed by atoms with Gasteiger partial charge in [0, 0.05) is 6.54 Å². The molecule has 2 rings (SSSR count). The maximum Gasteiger partial charge on any atom is 0.377 e. The highest BCUT2D eigenvalue weighted by Crippen LogP contribution is 2.30. The Labute approximate surface area is 96.9 Å². The van der Waals surface area contributed by atoms with E-state index in [0.29, 0.717) is 5.76 Å². The Morgan fingerprint density at radius 1 is 1.65 bits per heavy atom. The van der Waals surface area contributed by atoms with Crippen LogP contribution < -0.4 is 5.32 Å². The monoisotopic (exact) mass is 245 g/mol. The highest BCUT2D eigenvalue weighted by atomic mass is 19.3. The molecule has 4 nitrogen and oxygen atoms in total. The first-order valence-electron chi connectivity index (χ1n) is 5.35. The van der Waals surface area contributed by atoms with Crippen LogP contribution in [0.3, 0.4) is 0 Å². The summed E-state index contributed by atoms with van der Waals surface area (Å²) >= 11 is 0. The first kappa shape index (κ1) is 12.0. The molecule has 0 saturated carbocycles. The Morgan fingerprint density at radius 2 is 2.41 bits per heavy atom. The fourth-order valence-corrected chi connectivity index (χ4v) is 1.71. The van der Waals surface area contributed by atoms with Crippen molar-refractivity contribution in [3.05, 3.63) is 24.2 Å². The van der Waals surface area contributed by atoms with Gasteiger partial charge in [-0.05, 0) is 19.1 Å². The van der Waals surface area contributed by atoms with E-state index in [1.54, 1.807) is 12.1 Å². The Balaban J connectivity index is 1.82. The van der Waals surface area contributed by atoms with Crippen molar-refractivity contribution in [3.63, 3.8) is 0 Å². The summed E-state index contributed by atoms with van der Waals surface area (Å²) in [7, 11) is 0. The third-order valence-electron chi connectivity index (χ3n) is 2.68. The number of furan rings is 1. The molecule has 0 amide bonds. The van der Waals surface area contributed by atoms with Crippen LogP contribution >= 0.6 is 0 Å². The van der Waals surface area contributed by atoms with Crippen LogP contribution in [0.15, 0.2) is 22.8 Å². The van der Waals surface area contributed by atoms with Gasteiger partial charge in [-0.25, -0.2) is 4.79 Å². The van der Waals surface area contributed by atoms with Crippen LogP contribution in [0.4, 0.5) is 8.78 Å². The molecule has 0 radical (unpaired) electrons. The molecule has 2 atom stereocenters. The maximum absolute atomic E-state index is 12.9. The number of halogens is 2. The molecule has 2 unspecified atom stereocenters. The van der Waals surface area contributed by atoms with Gasteiger partial charge in [-0.1, -0.05) is 0 Å². The van der Waals surface area contributed by atoms with Crippen molar-refractivity contribution in [2.75, 3.05) is 6.54 Å². The van der Waals surface area contributed by atoms with Crippen LogP contribution in [0.5, 0.6) is 0 Å². The minimum absolute atomic E-state index is 0.113. The largest absolute Gasteiger partial charge is 0.468 e. The summed E-state index contributed by atoms with van der Waals surface area (Å²) < 4.78 is 35.4. The molecule has 1 N–H and O–H groups in total. The summed E-state index contributed by atoms with van der Waals surface area (Å²) in [5, 5.41) is 2.98. The van der Waals surface area contributed by atoms with E-state index in [9.17, 15) is 13.6 Å². The van der Waals surface area contributed by atoms with Crippen molar-refractivity contribution in [3.8, 4) is 0 Å². The number of carbonyl (C=O) groups is 1. The van der Waals surface area contributed by atoms with Gasteiger partial charge < -0.3 is 14.5 Å². The number of rotatable bonds is 4. The van der Waals surface area contributed by atoms with Crippen LogP contribution in [0.25, 0.3) is 0 Å². The van der Waals surface area contributed by atoms with Crippen LogP contribution in [-0.2, 0) is 9.53 Å². The molecule has 1 saturated heterocycles. The molecule has 1 aliphatic rings. The molecule has 0 aliphatic carbocycles. The lowest BCUT2D eigenvalue weighted by atomic mass is 10.2. The molecule has 1 aliphatic heterocycles. The number of nitrogens with one attached hydrogen (secondary N) is 1. The van der Waals surface area contributed by atoms with Gasteiger partial charge in [0.2, 0.25) is 0 Å². The van der Waals surface area contributed by atoms with Gasteiger partial charge in [-0.2, -0.15) is 8.78 Å². The molecule has 0 spiro atoms. The van der Waals surface area contributed by atoms with Crippen molar-refractivity contribution < 1.29 is 22.7 Å². The molecule has 1 aromatic heterocycles. The fourth-order valence-electron chi connectivity index (χ4n) is 1.71. The molecule has 0 aromatic carbocycles. The molecular weight excluding hydrogens is 232 g/mol. The zero-order valence-corrected chi connectivity index (χ0v) is 9.28. The third kappa shape index (κ3) is 2.63. The third-order valence-corrected chi connectivity index (χ3v) is 2.68. The van der Waals surface area contributed by atoms with E-state index < -0.39 is 24.4 Å². The average molecular weight is 245 g/mol. The SMILES string of the molecule is CC(NCC1CC(F)(F)C(=O)O1)c1ccco1. The molecule has 17 heavy (non-hydrogen) atoms. The van der Waals surface area contributed by atoms with Crippen molar-refractivity contribution in [2.45, 2.75) is 31.4 Å². The number of hydrogen-bond acceptors (Lipinski definition) is 4. The molecular formula is C11H13F2NO3. The molecule has 2 heterocycles. The number of esters is 1. The minimum atomic E-state index is -3.35. The van der Waals surface area contributed by atoms with Crippen molar-refractivity contribution in [1.82, 2.24) is 5.32 Å². The van der Waals surface area contributed by atoms with E-state index >= 15 is 0 Å². The summed E-state index contributed by atoms with van der Waals surface area (Å²) in [6.07, 6.45) is 0.191. The summed E-state index contributed by atoms with van der Waals surface area (Å²) in [5.41, 5.74) is 0. The Morgan fingerprint density at radius 3 is 2.94 bits per heavy atom. The topological polar surface area (TPSA) is 51.5 Å². The second kappa shape index (κ2) is 4.44. The van der Waals surface area contributed by atoms with Crippen LogP contribution in [0.2, 0.25) is 0 Å². The number of alkyl halides is 2. The average Bonchev–Trinajstić information content (AvgIpc) is 2.85. The normalized spacial score (nSPS) is 24.6. The zero-order chi connectivity index (χ0) is 12.5. The quantitative estimate of drug-likeness (QED) is 0.823. The van der Waals surface area contributed by atoms with Crippen molar-refractivity contribution in [2.24, 2.45) is 0 Å². The summed E-state index contributed by atoms with van der Waals surface area (Å²) in [6.45, 7) is 2.02. The second-order valence-electron chi connectivity index (χ2n) is 4.08. The summed E-state index contributed by atoms with van der Waals surface area (Å²) in [4.78, 5) is 10.8. The van der Waals surface area contributed by atoms with Gasteiger partial charge >= 0.3 is 11.9 Å². The van der Waals surface area contributed by atoms with E-state index in [1.807, 2.05) is 6.92 Å². The van der Waals surface area contributed by atoms with Gasteiger partial charge in [-0.3, -0.25) is 0 Å². The Kier molecular flexibility index (Phi) is 3.15. The lowest BCUT2D eigenvalue weighted by Gasteiger charge is -2.14. The predicted molar refractivity (Wildman–Crippen MR) is 54.6 cm³/mol. The van der Waals surface area contributed by atoms with E-state index in [4.69, 9.17) is 4.42 Å². The first-order valence-corrected chi connectivity index (χ1v) is 5.35. The minimum Gasteiger partial charge on any atom is -0.468 e. The van der Waals surface area contributed by atoms with Gasteiger partial charge in [0.1, 0.15) is 11.9 Å². The Bertz CT molecular complexity index is 391. The number of carbonyl (C=O) groups excluding carboxylic acids is 1. The van der Waals surface area contributed by atoms with E-state index in [1.165, 1.54) is 6.26 Å². The number of cyclic esters (lactones) is 1. The van der Waals surface area contributed by atoms with Gasteiger partial charge in [0.25, 0.3) is 0 Å². The smallest absolute Gasteiger partial charge is 0.377 e. The highest BCUT2D eigenvalue weighted by molar-refractivity contribution is 5.79. The van der Waals surface area contributed by atoms with Crippen LogP contribution in [0.1, 0.15) is 25.1 Å². The Hall–Kier alpha value is -1.43. The zero-order valence-electron chi connectivity index (χ0n) is 9.28. The van der Waals surface area contributed by atoms with Gasteiger partial charge in [0.05, 0.1) is 18.7 Å². The van der Waals surface area contributed by atoms with Gasteiger partial charge in [0.15, 0.2) is 0 Å². The van der Waals surface area contributed by atoms with E-state index in [0.717, 1.165) is 0 Å². The van der Waals surface area contributed by atoms with Crippen molar-refractivity contribution >= 4 is 5.97 Å². The lowest BCUT2D eigenvalue weighted by Crippen LogP contribution is -2.29. The summed E-state index contributed by atoms with van der Waals surface area (Å²) in [6, 6.07) is 3.42. The molecule has 1 fully saturated rings. The fraction of sp³-hybridized carbons (Fsp3) is 0.545. The predicted octanol–water partition coefficient (Wildman–Crippen LogP) is 1.88. The van der Waals surface area contributed by atoms with Gasteiger partial charge in [-0.15, -0.1) is 0 Å². The van der Waals surface area contributed by atoms with Crippen LogP contribution in [0, 0.1) is 0 Å². The molecule has 1 aromatic rings. The highest BCUT2D eigenvalue weighted by Gasteiger charge is 2.50. The molecule has 94 valence electrons. The number of ether oxygens (including phenoxy) is 1. The molecule has 6 heteroatoms. The number of hydrogen-bond donors (Lipinski definition) is 1. The standard InChI is InChI=1S/C11H13F2NO3/c1-7(9-3-2-4-16-9)14-6-8-5-11(12,13)10(15)17-8/h2-4,7-8,14H,5-6H2,1H3. The first-order chi connectivity index (χ1) is 7.99.